The van der Waals surface area contributed by atoms with Gasteiger partial charge in [0.1, 0.15) is 5.82 Å². The lowest BCUT2D eigenvalue weighted by atomic mass is 10.1. The first-order valence-electron chi connectivity index (χ1n) is 7.60. The van der Waals surface area contributed by atoms with Gasteiger partial charge in [-0.05, 0) is 40.4 Å². The van der Waals surface area contributed by atoms with Crippen LogP contribution in [0.2, 0.25) is 0 Å². The molecule has 1 N–H and O–H groups in total. The minimum Gasteiger partial charge on any atom is -0.309 e. The van der Waals surface area contributed by atoms with Crippen molar-refractivity contribution in [3.05, 3.63) is 62.3 Å². The van der Waals surface area contributed by atoms with Gasteiger partial charge in [0.2, 0.25) is 5.16 Å². The first-order chi connectivity index (χ1) is 12.2. The molecule has 0 spiro atoms. The molecule has 0 aliphatic heterocycles. The van der Waals surface area contributed by atoms with Gasteiger partial charge in [-0.25, -0.2) is 9.67 Å². The van der Waals surface area contributed by atoms with E-state index >= 15 is 0 Å². The highest BCUT2D eigenvalue weighted by Crippen LogP contribution is 2.21. The van der Waals surface area contributed by atoms with E-state index in [1.807, 2.05) is 36.6 Å². The van der Waals surface area contributed by atoms with Gasteiger partial charge in [0.05, 0.1) is 23.2 Å². The van der Waals surface area contributed by atoms with E-state index < -0.39 is 0 Å². The number of benzene rings is 1. The SMILES string of the molecule is Cc1cccc2c(=O)[nH]c(CSc3nnnn3Cc3cccs3)nc12. The number of aromatic nitrogens is 6. The largest absolute Gasteiger partial charge is 0.309 e. The van der Waals surface area contributed by atoms with Crippen molar-refractivity contribution < 1.29 is 0 Å². The first kappa shape index (κ1) is 16.0. The van der Waals surface area contributed by atoms with Crippen LogP contribution >= 0.6 is 23.1 Å². The number of nitrogens with zero attached hydrogens (tertiary/aromatic N) is 5. The number of rotatable bonds is 5. The summed E-state index contributed by atoms with van der Waals surface area (Å²) in [6.45, 7) is 2.58. The second-order valence-electron chi connectivity index (χ2n) is 5.47. The maximum atomic E-state index is 12.2. The number of aryl methyl sites for hydroxylation is 1. The Morgan fingerprint density at radius 3 is 3.04 bits per heavy atom. The van der Waals surface area contributed by atoms with Crippen LogP contribution in [-0.4, -0.2) is 30.2 Å². The van der Waals surface area contributed by atoms with E-state index in [0.717, 1.165) is 11.1 Å². The summed E-state index contributed by atoms with van der Waals surface area (Å²) in [7, 11) is 0. The maximum absolute atomic E-state index is 12.2. The van der Waals surface area contributed by atoms with Crippen molar-refractivity contribution in [2.24, 2.45) is 0 Å². The Labute approximate surface area is 151 Å². The normalized spacial score (nSPS) is 11.2. The van der Waals surface area contributed by atoms with Crippen molar-refractivity contribution in [2.45, 2.75) is 24.4 Å². The third-order valence-electron chi connectivity index (χ3n) is 3.71. The summed E-state index contributed by atoms with van der Waals surface area (Å²) in [5.74, 6) is 1.10. The van der Waals surface area contributed by atoms with Crippen LogP contribution in [0, 0.1) is 6.92 Å². The fraction of sp³-hybridized carbons (Fsp3) is 0.188. The predicted molar refractivity (Wildman–Crippen MR) is 97.9 cm³/mol. The molecule has 4 rings (SSSR count). The zero-order valence-electron chi connectivity index (χ0n) is 13.3. The van der Waals surface area contributed by atoms with E-state index in [4.69, 9.17) is 0 Å². The third kappa shape index (κ3) is 3.33. The quantitative estimate of drug-likeness (QED) is 0.543. The van der Waals surface area contributed by atoms with Crippen molar-refractivity contribution in [1.29, 1.82) is 0 Å². The molecule has 1 aromatic carbocycles. The molecule has 0 unspecified atom stereocenters. The van der Waals surface area contributed by atoms with Crippen LogP contribution in [0.15, 0.2) is 45.7 Å². The van der Waals surface area contributed by atoms with Crippen molar-refractivity contribution in [3.63, 3.8) is 0 Å². The van der Waals surface area contributed by atoms with Crippen LogP contribution in [0.5, 0.6) is 0 Å². The summed E-state index contributed by atoms with van der Waals surface area (Å²) in [4.78, 5) is 20.9. The van der Waals surface area contributed by atoms with Crippen molar-refractivity contribution in [1.82, 2.24) is 30.2 Å². The van der Waals surface area contributed by atoms with E-state index in [9.17, 15) is 4.79 Å². The number of thiophene rings is 1. The van der Waals surface area contributed by atoms with Gasteiger partial charge in [0.15, 0.2) is 0 Å². The lowest BCUT2D eigenvalue weighted by Crippen LogP contribution is -2.12. The van der Waals surface area contributed by atoms with Crippen molar-refractivity contribution in [3.8, 4) is 0 Å². The summed E-state index contributed by atoms with van der Waals surface area (Å²) < 4.78 is 1.75. The van der Waals surface area contributed by atoms with Gasteiger partial charge in [0.25, 0.3) is 5.56 Å². The molecular weight excluding hydrogens is 356 g/mol. The molecule has 0 radical (unpaired) electrons. The number of aromatic amines is 1. The molecule has 0 bridgehead atoms. The predicted octanol–water partition coefficient (Wildman–Crippen LogP) is 2.62. The molecule has 126 valence electrons. The Morgan fingerprint density at radius 2 is 2.20 bits per heavy atom. The van der Waals surface area contributed by atoms with Gasteiger partial charge in [-0.1, -0.05) is 30.0 Å². The van der Waals surface area contributed by atoms with E-state index in [1.54, 1.807) is 22.1 Å². The lowest BCUT2D eigenvalue weighted by molar-refractivity contribution is 0.608. The molecule has 9 heteroatoms. The smallest absolute Gasteiger partial charge is 0.258 e. The van der Waals surface area contributed by atoms with Crippen LogP contribution in [-0.2, 0) is 12.3 Å². The number of fused-ring (bicyclic) bond motifs is 1. The molecule has 0 amide bonds. The first-order valence-corrected chi connectivity index (χ1v) is 9.47. The molecular formula is C16H14N6OS2. The zero-order chi connectivity index (χ0) is 17.2. The Morgan fingerprint density at radius 1 is 1.28 bits per heavy atom. The summed E-state index contributed by atoms with van der Waals surface area (Å²) >= 11 is 3.11. The van der Waals surface area contributed by atoms with E-state index in [0.29, 0.717) is 28.7 Å². The number of para-hydroxylation sites is 1. The van der Waals surface area contributed by atoms with Gasteiger partial charge >= 0.3 is 0 Å². The number of hydrogen-bond acceptors (Lipinski definition) is 7. The van der Waals surface area contributed by atoms with E-state index in [2.05, 4.69) is 25.5 Å². The van der Waals surface area contributed by atoms with E-state index in [1.165, 1.54) is 16.6 Å². The molecule has 0 saturated carbocycles. The average molecular weight is 370 g/mol. The summed E-state index contributed by atoms with van der Waals surface area (Å²) in [5, 5.41) is 15.2. The molecule has 3 heterocycles. The topological polar surface area (TPSA) is 89.4 Å². The molecule has 0 saturated heterocycles. The maximum Gasteiger partial charge on any atom is 0.258 e. The standard InChI is InChI=1S/C16H14N6OS2/c1-10-4-2-6-12-14(10)17-13(18-15(12)23)9-25-16-19-20-21-22(16)8-11-5-3-7-24-11/h2-7H,8-9H2,1H3,(H,17,18,23). The number of nitrogens with one attached hydrogen (secondary N) is 1. The second-order valence-corrected chi connectivity index (χ2v) is 7.45. The molecule has 0 aliphatic carbocycles. The monoisotopic (exact) mass is 370 g/mol. The molecule has 0 aliphatic rings. The summed E-state index contributed by atoms with van der Waals surface area (Å²) in [6.07, 6.45) is 0. The van der Waals surface area contributed by atoms with Crippen molar-refractivity contribution in [2.75, 3.05) is 0 Å². The lowest BCUT2D eigenvalue weighted by Gasteiger charge is -2.05. The summed E-state index contributed by atoms with van der Waals surface area (Å²) in [6, 6.07) is 9.65. The number of tetrazole rings is 1. The average Bonchev–Trinajstić information content (AvgIpc) is 3.26. The van der Waals surface area contributed by atoms with Gasteiger partial charge in [-0.15, -0.1) is 16.4 Å². The van der Waals surface area contributed by atoms with Crippen LogP contribution in [0.3, 0.4) is 0 Å². The highest BCUT2D eigenvalue weighted by atomic mass is 32.2. The van der Waals surface area contributed by atoms with Crippen LogP contribution in [0.1, 0.15) is 16.3 Å². The Bertz CT molecular complexity index is 1070. The zero-order valence-corrected chi connectivity index (χ0v) is 15.0. The Kier molecular flexibility index (Phi) is 4.33. The Hall–Kier alpha value is -2.52. The van der Waals surface area contributed by atoms with Gasteiger partial charge in [-0.2, -0.15) is 0 Å². The van der Waals surface area contributed by atoms with Crippen LogP contribution in [0.4, 0.5) is 0 Å². The van der Waals surface area contributed by atoms with Crippen LogP contribution < -0.4 is 5.56 Å². The Balaban J connectivity index is 1.56. The molecule has 0 fully saturated rings. The second kappa shape index (κ2) is 6.77. The minimum atomic E-state index is -0.123. The molecule has 4 aromatic rings. The molecule has 25 heavy (non-hydrogen) atoms. The highest BCUT2D eigenvalue weighted by Gasteiger charge is 2.11. The fourth-order valence-electron chi connectivity index (χ4n) is 2.50. The third-order valence-corrected chi connectivity index (χ3v) is 5.54. The van der Waals surface area contributed by atoms with E-state index in [-0.39, 0.29) is 5.56 Å². The van der Waals surface area contributed by atoms with Gasteiger partial charge < -0.3 is 4.98 Å². The minimum absolute atomic E-state index is 0.123. The number of thioether (sulfide) groups is 1. The van der Waals surface area contributed by atoms with Gasteiger partial charge in [0, 0.05) is 4.88 Å². The highest BCUT2D eigenvalue weighted by molar-refractivity contribution is 7.98. The van der Waals surface area contributed by atoms with Crippen LogP contribution in [0.25, 0.3) is 10.9 Å². The molecule has 7 nitrogen and oxygen atoms in total. The molecule has 3 aromatic heterocycles. The summed E-state index contributed by atoms with van der Waals surface area (Å²) in [5.41, 5.74) is 1.60. The number of hydrogen-bond donors (Lipinski definition) is 1. The van der Waals surface area contributed by atoms with Gasteiger partial charge in [-0.3, -0.25) is 4.79 Å². The molecule has 0 atom stereocenters. The number of H-pyrrole nitrogens is 1. The fourth-order valence-corrected chi connectivity index (χ4v) is 3.94. The van der Waals surface area contributed by atoms with Crippen molar-refractivity contribution >= 4 is 34.0 Å².